The fourth-order valence-electron chi connectivity index (χ4n) is 8.63. The van der Waals surface area contributed by atoms with Gasteiger partial charge in [0.15, 0.2) is 0 Å². The Bertz CT molecular complexity index is 2230. The van der Waals surface area contributed by atoms with Gasteiger partial charge in [-0.3, -0.25) is 6.08 Å². The van der Waals surface area contributed by atoms with Crippen LogP contribution in [0.3, 0.4) is 0 Å². The van der Waals surface area contributed by atoms with Crippen LogP contribution in [0.2, 0.25) is 0 Å². The summed E-state index contributed by atoms with van der Waals surface area (Å²) in [5, 5.41) is 5.27. The van der Waals surface area contributed by atoms with E-state index in [1.54, 1.807) is 11.1 Å². The smallest absolute Gasteiger partial charge is 1.00 e. The van der Waals surface area contributed by atoms with Crippen molar-refractivity contribution in [2.24, 2.45) is 11.3 Å². The molecule has 0 aliphatic heterocycles. The van der Waals surface area contributed by atoms with Crippen LogP contribution in [-0.4, -0.2) is 0 Å². The Hall–Kier alpha value is -3.87. The van der Waals surface area contributed by atoms with Crippen LogP contribution in [-0.2, 0) is 31.6 Å². The summed E-state index contributed by atoms with van der Waals surface area (Å²) in [5.74, 6) is 0.472. The Kier molecular flexibility index (Phi) is 13.2. The number of rotatable bonds is 7. The van der Waals surface area contributed by atoms with Crippen LogP contribution >= 0.6 is 0 Å². The Balaban J connectivity index is 0.000000197. The van der Waals surface area contributed by atoms with Crippen LogP contribution in [0.4, 0.5) is 0 Å². The molecule has 7 aromatic rings. The molecule has 1 unspecified atom stereocenters. The predicted octanol–water partition coefficient (Wildman–Crippen LogP) is 7.93. The predicted molar refractivity (Wildman–Crippen MR) is 218 cm³/mol. The fraction of sp³-hybridized carbons (Fsp3) is 0.196. The van der Waals surface area contributed by atoms with Crippen LogP contribution in [0.5, 0.6) is 0 Å². The van der Waals surface area contributed by atoms with Crippen LogP contribution in [0.15, 0.2) is 181 Å². The number of unbranched alkanes of at least 4 members (excludes halogenated alkanes) is 1. The Morgan fingerprint density at radius 1 is 0.574 bits per heavy atom. The zero-order chi connectivity index (χ0) is 35.0. The molecule has 3 heteroatoms. The Morgan fingerprint density at radius 3 is 1.41 bits per heavy atom. The number of allylic oxidation sites excluding steroid dienone is 4. The maximum absolute atomic E-state index is 3.95. The van der Waals surface area contributed by atoms with Gasteiger partial charge in [0.2, 0.25) is 0 Å². The molecule has 0 fully saturated rings. The molecule has 0 nitrogen and oxygen atoms in total. The molecule has 0 saturated carbocycles. The second-order valence-corrected chi connectivity index (χ2v) is 15.2. The van der Waals surface area contributed by atoms with E-state index in [1.807, 2.05) is 0 Å². The molecule has 1 atom stereocenters. The summed E-state index contributed by atoms with van der Waals surface area (Å²) in [4.78, 5) is 0. The summed E-state index contributed by atoms with van der Waals surface area (Å²) in [5.41, 5.74) is 12.6. The number of fused-ring (bicyclic) bond motifs is 4. The van der Waals surface area contributed by atoms with Gasteiger partial charge in [0.25, 0.3) is 0 Å². The average Bonchev–Trinajstić information content (AvgIpc) is 3.85. The van der Waals surface area contributed by atoms with Crippen molar-refractivity contribution in [1.82, 2.24) is 0 Å². The van der Waals surface area contributed by atoms with Crippen molar-refractivity contribution >= 4 is 21.5 Å². The Morgan fingerprint density at radius 2 is 1.00 bits per heavy atom. The van der Waals surface area contributed by atoms with Crippen molar-refractivity contribution in [1.29, 1.82) is 0 Å². The van der Waals surface area contributed by atoms with Gasteiger partial charge < -0.3 is 24.8 Å². The van der Waals surface area contributed by atoms with E-state index in [9.17, 15) is 0 Å². The van der Waals surface area contributed by atoms with Gasteiger partial charge in [-0.15, -0.1) is 45.3 Å². The quantitative estimate of drug-likeness (QED) is 0.144. The van der Waals surface area contributed by atoms with Crippen molar-refractivity contribution in [3.05, 3.63) is 198 Å². The number of hydrogen-bond acceptors (Lipinski definition) is 0. The van der Waals surface area contributed by atoms with Crippen molar-refractivity contribution in [3.8, 4) is 22.3 Å². The first kappa shape index (κ1) is 41.3. The van der Waals surface area contributed by atoms with Crippen LogP contribution in [0.1, 0.15) is 58.1 Å². The molecular weight excluding hydrogens is 775 g/mol. The molecule has 3 aliphatic rings. The minimum Gasteiger partial charge on any atom is -1.00 e. The van der Waals surface area contributed by atoms with E-state index in [1.165, 1.54) is 79.8 Å². The number of benzene rings is 6. The monoisotopic (exact) mass is 818 g/mol. The number of halogens is 2. The molecule has 54 heavy (non-hydrogen) atoms. The molecule has 0 radical (unpaired) electrons. The fourth-order valence-corrected chi connectivity index (χ4v) is 8.63. The van der Waals surface area contributed by atoms with Gasteiger partial charge in [-0.25, -0.2) is 5.57 Å². The molecule has 0 amide bonds. The molecule has 2 bridgehead atoms. The first-order valence-electron chi connectivity index (χ1n) is 18.6. The average molecular weight is 821 g/mol. The second-order valence-electron chi connectivity index (χ2n) is 15.2. The summed E-state index contributed by atoms with van der Waals surface area (Å²) in [7, 11) is 0. The van der Waals surface area contributed by atoms with Gasteiger partial charge in [-0.1, -0.05) is 215 Å². The van der Waals surface area contributed by atoms with Gasteiger partial charge in [-0.05, 0) is 22.3 Å². The molecule has 3 aliphatic carbocycles. The molecule has 268 valence electrons. The van der Waals surface area contributed by atoms with Crippen molar-refractivity contribution in [2.75, 3.05) is 0 Å². The topological polar surface area (TPSA) is 0 Å². The third kappa shape index (κ3) is 7.41. The maximum atomic E-state index is 3.95. The summed E-state index contributed by atoms with van der Waals surface area (Å²) in [6.45, 7) is 9.34. The first-order valence-corrected chi connectivity index (χ1v) is 18.6. The van der Waals surface area contributed by atoms with E-state index >= 15 is 0 Å². The number of hydrogen-bond donors (Lipinski definition) is 0. The van der Waals surface area contributed by atoms with Crippen molar-refractivity contribution < 1.29 is 51.0 Å². The van der Waals surface area contributed by atoms with E-state index in [0.29, 0.717) is 5.92 Å². The molecule has 10 rings (SSSR count). The molecule has 0 saturated heterocycles. The van der Waals surface area contributed by atoms with E-state index in [4.69, 9.17) is 0 Å². The van der Waals surface area contributed by atoms with Gasteiger partial charge in [0, 0.05) is 5.41 Å². The molecule has 0 aromatic heterocycles. The van der Waals surface area contributed by atoms with Gasteiger partial charge in [0.1, 0.15) is 0 Å². The maximum Gasteiger partial charge on any atom is 4.00 e. The van der Waals surface area contributed by atoms with Crippen molar-refractivity contribution in [3.63, 3.8) is 0 Å². The van der Waals surface area contributed by atoms with E-state index < -0.39 is 0 Å². The SMILES string of the molecule is CCCCC1[C-]=C2C(C(C)(C)C)=C1C2(c1ccccc1)c1ccccc1.[Cl-].[Cl-].[Zr+4].c1ccc(-c2ccc3c(c2)[cH-]c2cc(-c4ccccc4)ccc23)cc1. The molecule has 0 N–H and O–H groups in total. The summed E-state index contributed by atoms with van der Waals surface area (Å²) < 4.78 is 0. The van der Waals surface area contributed by atoms with E-state index in [-0.39, 0.29) is 61.8 Å². The van der Waals surface area contributed by atoms with Crippen LogP contribution in [0.25, 0.3) is 43.8 Å². The molecular formula is C51H46Cl2Zr. The zero-order valence-electron chi connectivity index (χ0n) is 31.5. The summed E-state index contributed by atoms with van der Waals surface area (Å²) in [6, 6.07) is 59.2. The third-order valence-corrected chi connectivity index (χ3v) is 10.9. The normalized spacial score (nSPS) is 15.2. The van der Waals surface area contributed by atoms with Gasteiger partial charge >= 0.3 is 26.2 Å². The van der Waals surface area contributed by atoms with Crippen LogP contribution < -0.4 is 24.8 Å². The Labute approximate surface area is 353 Å². The molecule has 7 aromatic carbocycles. The molecule has 0 spiro atoms. The van der Waals surface area contributed by atoms with Gasteiger partial charge in [-0.2, -0.15) is 5.57 Å². The minimum atomic E-state index is -0.0798. The molecule has 0 heterocycles. The largest absolute Gasteiger partial charge is 4.00 e. The first-order chi connectivity index (χ1) is 24.9. The summed E-state index contributed by atoms with van der Waals surface area (Å²) in [6.07, 6.45) is 7.68. The zero-order valence-corrected chi connectivity index (χ0v) is 35.5. The van der Waals surface area contributed by atoms with Crippen molar-refractivity contribution in [2.45, 2.75) is 52.4 Å². The minimum absolute atomic E-state index is 0. The van der Waals surface area contributed by atoms with E-state index in [2.05, 4.69) is 198 Å². The van der Waals surface area contributed by atoms with E-state index in [0.717, 1.165) is 0 Å². The van der Waals surface area contributed by atoms with Gasteiger partial charge in [0.05, 0.1) is 0 Å². The third-order valence-electron chi connectivity index (χ3n) is 10.9. The second kappa shape index (κ2) is 17.3. The van der Waals surface area contributed by atoms with Crippen LogP contribution in [0, 0.1) is 17.4 Å². The standard InChI is InChI=1S/C26H29.C25H17.2ClH.Zr/c1-5-6-13-19-18-22-24(25(2,3)4)23(19)26(22,20-14-9-7-10-15-20)21-16-11-8-12-17-21;1-3-7-18(8-4-1)20-11-13-24-22(15-20)17-23-16-21(12-14-25(23)24)19-9-5-2-6-10-19;;;/h7-12,14-17,19H,5-6,13H2,1-4H3;1-17H;2*1H;/q2*-1;;;+4/p-2. The summed E-state index contributed by atoms with van der Waals surface area (Å²) >= 11 is 0.